The van der Waals surface area contributed by atoms with E-state index in [1.54, 1.807) is 0 Å². The summed E-state index contributed by atoms with van der Waals surface area (Å²) in [4.78, 5) is 4.44. The molecule has 3 nitrogen and oxygen atoms in total. The van der Waals surface area contributed by atoms with Gasteiger partial charge in [0.2, 0.25) is 0 Å². The largest absolute Gasteiger partial charge is 0.337 e. The van der Waals surface area contributed by atoms with E-state index in [4.69, 9.17) is 5.73 Å². The van der Waals surface area contributed by atoms with Gasteiger partial charge in [0.1, 0.15) is 5.82 Å². The normalized spacial score (nSPS) is 12.6. The van der Waals surface area contributed by atoms with Crippen molar-refractivity contribution < 1.29 is 0 Å². The van der Waals surface area contributed by atoms with Crippen molar-refractivity contribution in [1.29, 1.82) is 0 Å². The Labute approximate surface area is 102 Å². The number of hydrogen-bond acceptors (Lipinski definition) is 2. The molecular weight excluding hydrogens is 210 g/mol. The summed E-state index contributed by atoms with van der Waals surface area (Å²) in [6.07, 6.45) is 4.74. The van der Waals surface area contributed by atoms with Gasteiger partial charge in [0.25, 0.3) is 0 Å². The predicted octanol–water partition coefficient (Wildman–Crippen LogP) is 2.21. The third-order valence-corrected chi connectivity index (χ3v) is 3.11. The summed E-state index contributed by atoms with van der Waals surface area (Å²) in [6.45, 7) is 2.77. The highest BCUT2D eigenvalue weighted by molar-refractivity contribution is 5.29. The van der Waals surface area contributed by atoms with Crippen molar-refractivity contribution in [2.75, 3.05) is 6.54 Å². The lowest BCUT2D eigenvalue weighted by molar-refractivity contribution is 0.648. The SMILES string of the molecule is Cc1ccc(C(CCN)c2nccn2C)cc1. The number of hydrogen-bond donors (Lipinski definition) is 1. The Bertz CT molecular complexity index is 470. The van der Waals surface area contributed by atoms with Gasteiger partial charge in [-0.1, -0.05) is 29.8 Å². The molecule has 1 atom stereocenters. The maximum Gasteiger partial charge on any atom is 0.115 e. The summed E-state index contributed by atoms with van der Waals surface area (Å²) in [5.74, 6) is 1.37. The highest BCUT2D eigenvalue weighted by atomic mass is 15.0. The maximum absolute atomic E-state index is 5.72. The first-order valence-electron chi connectivity index (χ1n) is 5.96. The highest BCUT2D eigenvalue weighted by Gasteiger charge is 2.17. The molecule has 3 heteroatoms. The molecular formula is C14H19N3. The van der Waals surface area contributed by atoms with Crippen LogP contribution in [0.25, 0.3) is 0 Å². The molecule has 90 valence electrons. The molecule has 0 amide bonds. The van der Waals surface area contributed by atoms with Crippen molar-refractivity contribution in [1.82, 2.24) is 9.55 Å². The summed E-state index contributed by atoms with van der Waals surface area (Å²) in [5.41, 5.74) is 8.28. The number of benzene rings is 1. The van der Waals surface area contributed by atoms with Crippen molar-refractivity contribution in [2.24, 2.45) is 12.8 Å². The lowest BCUT2D eigenvalue weighted by atomic mass is 9.94. The first-order chi connectivity index (χ1) is 8.22. The Morgan fingerprint density at radius 3 is 2.53 bits per heavy atom. The minimum atomic E-state index is 0.292. The molecule has 2 N–H and O–H groups in total. The van der Waals surface area contributed by atoms with Gasteiger partial charge in [-0.2, -0.15) is 0 Å². The zero-order valence-electron chi connectivity index (χ0n) is 10.4. The molecule has 1 aromatic heterocycles. The topological polar surface area (TPSA) is 43.8 Å². The second-order valence-electron chi connectivity index (χ2n) is 4.44. The van der Waals surface area contributed by atoms with Crippen LogP contribution in [0.4, 0.5) is 0 Å². The number of nitrogens with two attached hydrogens (primary N) is 1. The Kier molecular flexibility index (Phi) is 3.59. The van der Waals surface area contributed by atoms with Gasteiger partial charge in [-0.15, -0.1) is 0 Å². The lowest BCUT2D eigenvalue weighted by Gasteiger charge is -2.16. The van der Waals surface area contributed by atoms with Crippen LogP contribution in [0.15, 0.2) is 36.7 Å². The summed E-state index contributed by atoms with van der Waals surface area (Å²) in [7, 11) is 2.03. The van der Waals surface area contributed by atoms with E-state index in [9.17, 15) is 0 Å². The van der Waals surface area contributed by atoms with Crippen LogP contribution in [0, 0.1) is 6.92 Å². The monoisotopic (exact) mass is 229 g/mol. The molecule has 1 aromatic carbocycles. The molecule has 17 heavy (non-hydrogen) atoms. The fourth-order valence-electron chi connectivity index (χ4n) is 2.12. The van der Waals surface area contributed by atoms with Gasteiger partial charge in [-0.05, 0) is 25.5 Å². The zero-order valence-corrected chi connectivity index (χ0v) is 10.4. The van der Waals surface area contributed by atoms with Crippen molar-refractivity contribution in [3.63, 3.8) is 0 Å². The number of rotatable bonds is 4. The number of aromatic nitrogens is 2. The Morgan fingerprint density at radius 1 is 1.29 bits per heavy atom. The smallest absolute Gasteiger partial charge is 0.115 e. The van der Waals surface area contributed by atoms with Crippen LogP contribution in [0.2, 0.25) is 0 Å². The third kappa shape index (κ3) is 2.56. The van der Waals surface area contributed by atoms with Gasteiger partial charge in [0.05, 0.1) is 0 Å². The van der Waals surface area contributed by atoms with Crippen molar-refractivity contribution >= 4 is 0 Å². The van der Waals surface area contributed by atoms with Crippen LogP contribution in [-0.4, -0.2) is 16.1 Å². The molecule has 2 rings (SSSR count). The molecule has 0 bridgehead atoms. The van der Waals surface area contributed by atoms with E-state index < -0.39 is 0 Å². The van der Waals surface area contributed by atoms with Crippen LogP contribution in [0.3, 0.4) is 0 Å². The summed E-state index contributed by atoms with van der Waals surface area (Å²) in [5, 5.41) is 0. The van der Waals surface area contributed by atoms with Gasteiger partial charge in [-0.25, -0.2) is 4.98 Å². The second-order valence-corrected chi connectivity index (χ2v) is 4.44. The zero-order chi connectivity index (χ0) is 12.3. The Balaban J connectivity index is 2.35. The third-order valence-electron chi connectivity index (χ3n) is 3.11. The van der Waals surface area contributed by atoms with E-state index in [0.717, 1.165) is 12.2 Å². The minimum Gasteiger partial charge on any atom is -0.337 e. The van der Waals surface area contributed by atoms with Crippen LogP contribution in [0.5, 0.6) is 0 Å². The minimum absolute atomic E-state index is 0.292. The average molecular weight is 229 g/mol. The molecule has 0 spiro atoms. The quantitative estimate of drug-likeness (QED) is 0.873. The molecule has 0 aliphatic heterocycles. The van der Waals surface area contributed by atoms with Crippen LogP contribution in [0.1, 0.15) is 29.3 Å². The molecule has 1 heterocycles. The first kappa shape index (κ1) is 11.9. The summed E-state index contributed by atoms with van der Waals surface area (Å²) >= 11 is 0. The van der Waals surface area contributed by atoms with Gasteiger partial charge in [0, 0.05) is 25.4 Å². The van der Waals surface area contributed by atoms with Gasteiger partial charge in [-0.3, -0.25) is 0 Å². The molecule has 0 saturated carbocycles. The molecule has 0 fully saturated rings. The van der Waals surface area contributed by atoms with E-state index in [-0.39, 0.29) is 0 Å². The van der Waals surface area contributed by atoms with Gasteiger partial charge >= 0.3 is 0 Å². The second kappa shape index (κ2) is 5.15. The van der Waals surface area contributed by atoms with Crippen LogP contribution in [-0.2, 0) is 7.05 Å². The van der Waals surface area contributed by atoms with E-state index >= 15 is 0 Å². The lowest BCUT2D eigenvalue weighted by Crippen LogP contribution is -2.12. The molecule has 0 saturated heterocycles. The van der Waals surface area contributed by atoms with E-state index in [0.29, 0.717) is 12.5 Å². The molecule has 2 aromatic rings. The van der Waals surface area contributed by atoms with E-state index in [1.807, 2.05) is 19.4 Å². The fourth-order valence-corrected chi connectivity index (χ4v) is 2.12. The predicted molar refractivity (Wildman–Crippen MR) is 69.9 cm³/mol. The number of imidazole rings is 1. The molecule has 0 aliphatic carbocycles. The summed E-state index contributed by atoms with van der Waals surface area (Å²) in [6, 6.07) is 8.62. The standard InChI is InChI=1S/C14H19N3/c1-11-3-5-12(6-4-11)13(7-8-15)14-16-9-10-17(14)2/h3-6,9-10,13H,7-8,15H2,1-2H3. The Morgan fingerprint density at radius 2 is 2.00 bits per heavy atom. The molecule has 0 aliphatic rings. The van der Waals surface area contributed by atoms with Gasteiger partial charge < -0.3 is 10.3 Å². The van der Waals surface area contributed by atoms with Crippen molar-refractivity contribution in [2.45, 2.75) is 19.3 Å². The molecule has 1 unspecified atom stereocenters. The van der Waals surface area contributed by atoms with E-state index in [2.05, 4.69) is 40.7 Å². The molecule has 0 radical (unpaired) electrons. The van der Waals surface area contributed by atoms with Crippen molar-refractivity contribution in [3.05, 3.63) is 53.6 Å². The summed E-state index contributed by atoms with van der Waals surface area (Å²) < 4.78 is 2.07. The first-order valence-corrected chi connectivity index (χ1v) is 5.96. The number of aryl methyl sites for hydroxylation is 2. The fraction of sp³-hybridized carbons (Fsp3) is 0.357. The van der Waals surface area contributed by atoms with Crippen molar-refractivity contribution in [3.8, 4) is 0 Å². The van der Waals surface area contributed by atoms with Gasteiger partial charge in [0.15, 0.2) is 0 Å². The Hall–Kier alpha value is -1.61. The average Bonchev–Trinajstić information content (AvgIpc) is 2.74. The van der Waals surface area contributed by atoms with E-state index in [1.165, 1.54) is 11.1 Å². The highest BCUT2D eigenvalue weighted by Crippen LogP contribution is 2.26. The number of nitrogens with zero attached hydrogens (tertiary/aromatic N) is 2. The van der Waals surface area contributed by atoms with Crippen LogP contribution >= 0.6 is 0 Å². The van der Waals surface area contributed by atoms with Crippen LogP contribution < -0.4 is 5.73 Å². The maximum atomic E-state index is 5.72.